The summed E-state index contributed by atoms with van der Waals surface area (Å²) in [6.45, 7) is 0.601. The fraction of sp³-hybridized carbons (Fsp3) is 0.0714. The van der Waals surface area contributed by atoms with Gasteiger partial charge in [0.2, 0.25) is 0 Å². The molecule has 5 nitrogen and oxygen atoms in total. The van der Waals surface area contributed by atoms with E-state index in [1.807, 2.05) is 36.4 Å². The van der Waals surface area contributed by atoms with E-state index in [0.717, 1.165) is 28.0 Å². The lowest BCUT2D eigenvalue weighted by atomic mass is 10.1. The van der Waals surface area contributed by atoms with E-state index in [-0.39, 0.29) is 0 Å². The first kappa shape index (κ1) is 11.4. The number of benzene rings is 1. The van der Waals surface area contributed by atoms with E-state index in [2.05, 4.69) is 20.5 Å². The molecule has 0 radical (unpaired) electrons. The number of nitrogens with one attached hydrogen (secondary N) is 1. The lowest BCUT2D eigenvalue weighted by Gasteiger charge is -2.09. The summed E-state index contributed by atoms with van der Waals surface area (Å²) in [5.41, 5.74) is 9.36. The van der Waals surface area contributed by atoms with Crippen molar-refractivity contribution in [3.8, 4) is 0 Å². The van der Waals surface area contributed by atoms with Crippen molar-refractivity contribution >= 4 is 22.3 Å². The first-order valence-corrected chi connectivity index (χ1v) is 5.98. The van der Waals surface area contributed by atoms with Crippen LogP contribution in [0.4, 0.5) is 11.4 Å². The molecule has 0 bridgehead atoms. The van der Waals surface area contributed by atoms with Gasteiger partial charge in [-0.3, -0.25) is 4.98 Å². The van der Waals surface area contributed by atoms with Gasteiger partial charge in [0.25, 0.3) is 0 Å². The Hall–Kier alpha value is -2.69. The van der Waals surface area contributed by atoms with E-state index in [1.165, 1.54) is 0 Å². The van der Waals surface area contributed by atoms with Crippen molar-refractivity contribution in [1.29, 1.82) is 0 Å². The van der Waals surface area contributed by atoms with Gasteiger partial charge in [0.15, 0.2) is 0 Å². The van der Waals surface area contributed by atoms with Crippen LogP contribution >= 0.6 is 0 Å². The van der Waals surface area contributed by atoms with Gasteiger partial charge in [-0.05, 0) is 36.4 Å². The highest BCUT2D eigenvalue weighted by Crippen LogP contribution is 2.26. The highest BCUT2D eigenvalue weighted by molar-refractivity contribution is 5.98. The van der Waals surface area contributed by atoms with Crippen LogP contribution < -0.4 is 11.1 Å². The first-order valence-electron chi connectivity index (χ1n) is 5.98. The minimum Gasteiger partial charge on any atom is -0.398 e. The van der Waals surface area contributed by atoms with Crippen LogP contribution in [0.25, 0.3) is 10.9 Å². The van der Waals surface area contributed by atoms with Gasteiger partial charge < -0.3 is 11.1 Å². The number of hydrogen-bond donors (Lipinski definition) is 2. The maximum Gasteiger partial charge on any atom is 0.0953 e. The maximum absolute atomic E-state index is 5.94. The Morgan fingerprint density at radius 3 is 2.79 bits per heavy atom. The highest BCUT2D eigenvalue weighted by atomic mass is 15.1. The fourth-order valence-electron chi connectivity index (χ4n) is 1.95. The molecule has 0 fully saturated rings. The zero-order valence-corrected chi connectivity index (χ0v) is 10.2. The molecule has 3 aromatic rings. The van der Waals surface area contributed by atoms with Gasteiger partial charge in [-0.2, -0.15) is 10.2 Å². The smallest absolute Gasteiger partial charge is 0.0953 e. The van der Waals surface area contributed by atoms with Crippen LogP contribution in [0.15, 0.2) is 48.8 Å². The fourth-order valence-corrected chi connectivity index (χ4v) is 1.95. The van der Waals surface area contributed by atoms with Gasteiger partial charge in [-0.15, -0.1) is 0 Å². The summed E-state index contributed by atoms with van der Waals surface area (Å²) in [6.07, 6.45) is 3.42. The molecule has 0 spiro atoms. The maximum atomic E-state index is 5.94. The topological polar surface area (TPSA) is 76.7 Å². The van der Waals surface area contributed by atoms with Crippen molar-refractivity contribution in [2.75, 3.05) is 11.1 Å². The number of anilines is 2. The molecule has 3 N–H and O–H groups in total. The van der Waals surface area contributed by atoms with Crippen molar-refractivity contribution in [1.82, 2.24) is 15.2 Å². The van der Waals surface area contributed by atoms with Gasteiger partial charge in [0.1, 0.15) is 0 Å². The number of nitrogens with zero attached hydrogens (tertiary/aromatic N) is 3. The van der Waals surface area contributed by atoms with Gasteiger partial charge in [-0.25, -0.2) is 0 Å². The molecule has 0 aliphatic rings. The second-order valence-electron chi connectivity index (χ2n) is 4.17. The van der Waals surface area contributed by atoms with E-state index >= 15 is 0 Å². The molecule has 0 amide bonds. The number of pyridine rings is 1. The number of fused-ring (bicyclic) bond motifs is 1. The zero-order chi connectivity index (χ0) is 13.1. The second-order valence-corrected chi connectivity index (χ2v) is 4.17. The Labute approximate surface area is 110 Å². The highest BCUT2D eigenvalue weighted by Gasteiger charge is 2.04. The predicted octanol–water partition coefficient (Wildman–Crippen LogP) is 2.22. The molecule has 2 aromatic heterocycles. The van der Waals surface area contributed by atoms with Crippen molar-refractivity contribution in [3.05, 3.63) is 54.5 Å². The lowest BCUT2D eigenvalue weighted by molar-refractivity contribution is 0.925. The van der Waals surface area contributed by atoms with E-state index in [4.69, 9.17) is 5.73 Å². The summed E-state index contributed by atoms with van der Waals surface area (Å²) < 4.78 is 0. The SMILES string of the molecule is Nc1ccc(NCc2cccnn2)c2ncccc12. The Kier molecular flexibility index (Phi) is 2.94. The molecule has 0 saturated carbocycles. The minimum absolute atomic E-state index is 0.601. The third kappa shape index (κ3) is 2.30. The van der Waals surface area contributed by atoms with Gasteiger partial charge in [0.05, 0.1) is 23.4 Å². The average molecular weight is 251 g/mol. The molecule has 0 aliphatic carbocycles. The molecule has 0 aliphatic heterocycles. The molecule has 19 heavy (non-hydrogen) atoms. The molecule has 0 unspecified atom stereocenters. The molecule has 3 rings (SSSR count). The van der Waals surface area contributed by atoms with Crippen LogP contribution in [0.5, 0.6) is 0 Å². The number of rotatable bonds is 3. The van der Waals surface area contributed by atoms with Crippen molar-refractivity contribution in [2.45, 2.75) is 6.54 Å². The zero-order valence-electron chi connectivity index (χ0n) is 10.2. The number of aromatic nitrogens is 3. The lowest BCUT2D eigenvalue weighted by Crippen LogP contribution is -2.03. The minimum atomic E-state index is 0.601. The van der Waals surface area contributed by atoms with Crippen LogP contribution in [0.2, 0.25) is 0 Å². The number of nitrogen functional groups attached to an aromatic ring is 1. The van der Waals surface area contributed by atoms with Crippen LogP contribution in [-0.2, 0) is 6.54 Å². The molecule has 0 saturated heterocycles. The van der Waals surface area contributed by atoms with E-state index in [9.17, 15) is 0 Å². The molecule has 1 aromatic carbocycles. The van der Waals surface area contributed by atoms with Gasteiger partial charge in [-0.1, -0.05) is 0 Å². The standard InChI is InChI=1S/C14H13N5/c15-12-5-6-13(14-11(12)4-2-7-16-14)17-9-10-3-1-8-18-19-10/h1-8,17H,9,15H2. The Morgan fingerprint density at radius 1 is 1.05 bits per heavy atom. The summed E-state index contributed by atoms with van der Waals surface area (Å²) in [5.74, 6) is 0. The summed E-state index contributed by atoms with van der Waals surface area (Å²) in [4.78, 5) is 4.38. The number of hydrogen-bond acceptors (Lipinski definition) is 5. The van der Waals surface area contributed by atoms with Gasteiger partial charge >= 0.3 is 0 Å². The average Bonchev–Trinajstić information content (AvgIpc) is 2.48. The third-order valence-corrected chi connectivity index (χ3v) is 2.89. The Morgan fingerprint density at radius 2 is 1.95 bits per heavy atom. The normalized spacial score (nSPS) is 10.5. The van der Waals surface area contributed by atoms with Crippen LogP contribution in [0, 0.1) is 0 Å². The van der Waals surface area contributed by atoms with Crippen molar-refractivity contribution < 1.29 is 0 Å². The Bertz CT molecular complexity index is 697. The van der Waals surface area contributed by atoms with Crippen LogP contribution in [0.1, 0.15) is 5.69 Å². The Balaban J connectivity index is 1.91. The van der Waals surface area contributed by atoms with Crippen LogP contribution in [-0.4, -0.2) is 15.2 Å². The predicted molar refractivity (Wildman–Crippen MR) is 75.5 cm³/mol. The van der Waals surface area contributed by atoms with Gasteiger partial charge in [0, 0.05) is 23.5 Å². The van der Waals surface area contributed by atoms with Crippen molar-refractivity contribution in [3.63, 3.8) is 0 Å². The monoisotopic (exact) mass is 251 g/mol. The van der Waals surface area contributed by atoms with Crippen LogP contribution in [0.3, 0.4) is 0 Å². The first-order chi connectivity index (χ1) is 9.34. The molecular formula is C14H13N5. The van der Waals surface area contributed by atoms with E-state index in [0.29, 0.717) is 6.54 Å². The summed E-state index contributed by atoms with van der Waals surface area (Å²) in [5, 5.41) is 12.1. The van der Waals surface area contributed by atoms with E-state index in [1.54, 1.807) is 12.4 Å². The summed E-state index contributed by atoms with van der Waals surface area (Å²) >= 11 is 0. The molecule has 0 atom stereocenters. The third-order valence-electron chi connectivity index (χ3n) is 2.89. The quantitative estimate of drug-likeness (QED) is 0.698. The largest absolute Gasteiger partial charge is 0.398 e. The molecular weight excluding hydrogens is 238 g/mol. The summed E-state index contributed by atoms with van der Waals surface area (Å²) in [6, 6.07) is 11.4. The van der Waals surface area contributed by atoms with E-state index < -0.39 is 0 Å². The molecule has 94 valence electrons. The van der Waals surface area contributed by atoms with Crippen molar-refractivity contribution in [2.24, 2.45) is 0 Å². The molecule has 2 heterocycles. The molecule has 5 heteroatoms. The summed E-state index contributed by atoms with van der Waals surface area (Å²) in [7, 11) is 0. The number of nitrogens with two attached hydrogens (primary N) is 1. The second kappa shape index (κ2) is 4.89.